The Balaban J connectivity index is 2.51. The standard InChI is InChI=1S/C10H10N4O2S/c1-5-3-4-6(14-13-5)8-7(9(15)16-2)12-10(11)17-8/h3-4H,1-2H3,(H2,11,12). The van der Waals surface area contributed by atoms with E-state index < -0.39 is 5.97 Å². The first-order chi connectivity index (χ1) is 8.11. The minimum Gasteiger partial charge on any atom is -0.464 e. The molecule has 2 N–H and O–H groups in total. The fourth-order valence-corrected chi connectivity index (χ4v) is 2.05. The summed E-state index contributed by atoms with van der Waals surface area (Å²) in [5.41, 5.74) is 7.12. The summed E-state index contributed by atoms with van der Waals surface area (Å²) in [6.45, 7) is 1.83. The molecular weight excluding hydrogens is 240 g/mol. The maximum absolute atomic E-state index is 11.5. The van der Waals surface area contributed by atoms with Gasteiger partial charge in [0, 0.05) is 0 Å². The van der Waals surface area contributed by atoms with Gasteiger partial charge in [-0.1, -0.05) is 11.3 Å². The van der Waals surface area contributed by atoms with Gasteiger partial charge in [0.05, 0.1) is 17.7 Å². The molecule has 0 aliphatic heterocycles. The Morgan fingerprint density at radius 3 is 2.76 bits per heavy atom. The van der Waals surface area contributed by atoms with Crippen LogP contribution >= 0.6 is 11.3 Å². The van der Waals surface area contributed by atoms with Gasteiger partial charge in [-0.25, -0.2) is 9.78 Å². The molecule has 0 atom stereocenters. The van der Waals surface area contributed by atoms with E-state index in [1.807, 2.05) is 6.92 Å². The minimum absolute atomic E-state index is 0.174. The molecule has 0 amide bonds. The highest BCUT2D eigenvalue weighted by Crippen LogP contribution is 2.30. The lowest BCUT2D eigenvalue weighted by Gasteiger charge is -1.99. The molecule has 0 aliphatic rings. The fraction of sp³-hybridized carbons (Fsp3) is 0.200. The van der Waals surface area contributed by atoms with Crippen molar-refractivity contribution in [2.45, 2.75) is 6.92 Å². The SMILES string of the molecule is COC(=O)c1nc(N)sc1-c1ccc(C)nn1. The molecule has 2 rings (SSSR count). The molecule has 88 valence electrons. The Kier molecular flexibility index (Phi) is 3.01. The molecule has 0 spiro atoms. The zero-order valence-electron chi connectivity index (χ0n) is 9.30. The zero-order valence-corrected chi connectivity index (χ0v) is 10.1. The first kappa shape index (κ1) is 11.5. The lowest BCUT2D eigenvalue weighted by molar-refractivity contribution is 0.0596. The van der Waals surface area contributed by atoms with Crippen molar-refractivity contribution >= 4 is 22.4 Å². The molecule has 2 heterocycles. The van der Waals surface area contributed by atoms with Crippen LogP contribution in [0.4, 0.5) is 5.13 Å². The number of anilines is 1. The van der Waals surface area contributed by atoms with Gasteiger partial charge in [-0.3, -0.25) is 0 Å². The second-order valence-corrected chi connectivity index (χ2v) is 4.31. The maximum atomic E-state index is 11.5. The molecule has 0 aromatic carbocycles. The molecule has 0 unspecified atom stereocenters. The highest BCUT2D eigenvalue weighted by Gasteiger charge is 2.20. The first-order valence-electron chi connectivity index (χ1n) is 4.77. The van der Waals surface area contributed by atoms with Gasteiger partial charge in [-0.2, -0.15) is 5.10 Å². The van der Waals surface area contributed by atoms with Crippen molar-refractivity contribution in [3.05, 3.63) is 23.5 Å². The Hall–Kier alpha value is -2.02. The quantitative estimate of drug-likeness (QED) is 0.807. The molecule has 0 bridgehead atoms. The predicted octanol–water partition coefficient (Wildman–Crippen LogP) is 1.28. The summed E-state index contributed by atoms with van der Waals surface area (Å²) < 4.78 is 4.64. The van der Waals surface area contributed by atoms with Crippen LogP contribution in [0.2, 0.25) is 0 Å². The molecule has 0 saturated carbocycles. The Morgan fingerprint density at radius 2 is 2.18 bits per heavy atom. The van der Waals surface area contributed by atoms with E-state index in [2.05, 4.69) is 19.9 Å². The molecule has 2 aromatic rings. The van der Waals surface area contributed by atoms with Crippen LogP contribution in [0.3, 0.4) is 0 Å². The number of carbonyl (C=O) groups excluding carboxylic acids is 1. The van der Waals surface area contributed by atoms with Crippen molar-refractivity contribution in [2.75, 3.05) is 12.8 Å². The normalized spacial score (nSPS) is 10.2. The lowest BCUT2D eigenvalue weighted by Crippen LogP contribution is -2.04. The van der Waals surface area contributed by atoms with Crippen molar-refractivity contribution in [3.8, 4) is 10.6 Å². The monoisotopic (exact) mass is 250 g/mol. The molecule has 0 fully saturated rings. The number of carbonyl (C=O) groups is 1. The van der Waals surface area contributed by atoms with Crippen molar-refractivity contribution in [2.24, 2.45) is 0 Å². The van der Waals surface area contributed by atoms with Crippen LogP contribution in [0.25, 0.3) is 10.6 Å². The van der Waals surface area contributed by atoms with Crippen LogP contribution in [0, 0.1) is 6.92 Å². The number of rotatable bonds is 2. The van der Waals surface area contributed by atoms with Gasteiger partial charge in [-0.05, 0) is 19.1 Å². The van der Waals surface area contributed by atoms with Gasteiger partial charge in [0.15, 0.2) is 10.8 Å². The molecule has 7 heteroatoms. The number of hydrogen-bond donors (Lipinski definition) is 1. The number of nitrogens with two attached hydrogens (primary N) is 1. The number of aryl methyl sites for hydroxylation is 1. The second kappa shape index (κ2) is 4.46. The summed E-state index contributed by atoms with van der Waals surface area (Å²) in [5.74, 6) is -0.532. The van der Waals surface area contributed by atoms with Gasteiger partial charge >= 0.3 is 5.97 Å². The predicted molar refractivity (Wildman–Crippen MR) is 63.6 cm³/mol. The van der Waals surface area contributed by atoms with Crippen molar-refractivity contribution < 1.29 is 9.53 Å². The zero-order chi connectivity index (χ0) is 12.4. The van der Waals surface area contributed by atoms with E-state index in [9.17, 15) is 4.79 Å². The van der Waals surface area contributed by atoms with Crippen LogP contribution in [0.15, 0.2) is 12.1 Å². The van der Waals surface area contributed by atoms with E-state index in [-0.39, 0.29) is 5.69 Å². The largest absolute Gasteiger partial charge is 0.464 e. The molecule has 0 radical (unpaired) electrons. The molecular formula is C10H10N4O2S. The second-order valence-electron chi connectivity index (χ2n) is 3.28. The van der Waals surface area contributed by atoms with Crippen LogP contribution in [0.1, 0.15) is 16.2 Å². The first-order valence-corrected chi connectivity index (χ1v) is 5.59. The Bertz CT molecular complexity index is 550. The van der Waals surface area contributed by atoms with Gasteiger partial charge in [0.2, 0.25) is 0 Å². The Morgan fingerprint density at radius 1 is 1.41 bits per heavy atom. The van der Waals surface area contributed by atoms with E-state index in [4.69, 9.17) is 5.73 Å². The van der Waals surface area contributed by atoms with E-state index in [1.165, 1.54) is 18.4 Å². The van der Waals surface area contributed by atoms with Gasteiger partial charge in [0.1, 0.15) is 5.69 Å². The van der Waals surface area contributed by atoms with Crippen LogP contribution in [-0.4, -0.2) is 28.3 Å². The topological polar surface area (TPSA) is 91.0 Å². The number of ether oxygens (including phenoxy) is 1. The summed E-state index contributed by atoms with van der Waals surface area (Å²) in [5, 5.41) is 8.22. The summed E-state index contributed by atoms with van der Waals surface area (Å²) >= 11 is 1.18. The molecule has 17 heavy (non-hydrogen) atoms. The van der Waals surface area contributed by atoms with Crippen LogP contribution in [0.5, 0.6) is 0 Å². The summed E-state index contributed by atoms with van der Waals surface area (Å²) in [4.78, 5) is 16.0. The Labute approximate surface area is 101 Å². The maximum Gasteiger partial charge on any atom is 0.358 e. The molecule has 0 aliphatic carbocycles. The summed E-state index contributed by atoms with van der Waals surface area (Å²) in [6.07, 6.45) is 0. The molecule has 2 aromatic heterocycles. The van der Waals surface area contributed by atoms with Crippen molar-refractivity contribution in [1.82, 2.24) is 15.2 Å². The average molecular weight is 250 g/mol. The molecule has 6 nitrogen and oxygen atoms in total. The van der Waals surface area contributed by atoms with E-state index in [1.54, 1.807) is 12.1 Å². The van der Waals surface area contributed by atoms with Gasteiger partial charge < -0.3 is 10.5 Å². The van der Waals surface area contributed by atoms with E-state index in [0.29, 0.717) is 15.7 Å². The third-order valence-electron chi connectivity index (χ3n) is 2.05. The van der Waals surface area contributed by atoms with E-state index >= 15 is 0 Å². The number of esters is 1. The van der Waals surface area contributed by atoms with Crippen molar-refractivity contribution in [1.29, 1.82) is 0 Å². The van der Waals surface area contributed by atoms with E-state index in [0.717, 1.165) is 5.69 Å². The number of aromatic nitrogens is 3. The summed E-state index contributed by atoms with van der Waals surface area (Å²) in [6, 6.07) is 3.57. The van der Waals surface area contributed by atoms with Crippen molar-refractivity contribution in [3.63, 3.8) is 0 Å². The van der Waals surface area contributed by atoms with Gasteiger partial charge in [-0.15, -0.1) is 5.10 Å². The van der Waals surface area contributed by atoms with Gasteiger partial charge in [0.25, 0.3) is 0 Å². The number of hydrogen-bond acceptors (Lipinski definition) is 7. The number of thiazole rings is 1. The number of methoxy groups -OCH3 is 1. The molecule has 0 saturated heterocycles. The van der Waals surface area contributed by atoms with Crippen LogP contribution in [-0.2, 0) is 4.74 Å². The highest BCUT2D eigenvalue weighted by molar-refractivity contribution is 7.19. The lowest BCUT2D eigenvalue weighted by atomic mass is 10.2. The summed E-state index contributed by atoms with van der Waals surface area (Å²) in [7, 11) is 1.29. The van der Waals surface area contributed by atoms with Crippen LogP contribution < -0.4 is 5.73 Å². The third kappa shape index (κ3) is 2.23. The highest BCUT2D eigenvalue weighted by atomic mass is 32.1. The minimum atomic E-state index is -0.532. The number of nitrogen functional groups attached to an aromatic ring is 1. The smallest absolute Gasteiger partial charge is 0.358 e. The number of nitrogens with zero attached hydrogens (tertiary/aromatic N) is 3. The third-order valence-corrected chi connectivity index (χ3v) is 2.96. The average Bonchev–Trinajstić information content (AvgIpc) is 2.71. The fourth-order valence-electron chi connectivity index (χ4n) is 1.27.